The predicted molar refractivity (Wildman–Crippen MR) is 135 cm³/mol. The normalized spacial score (nSPS) is 15.1. The molecule has 2 N–H and O–H groups in total. The van der Waals surface area contributed by atoms with Crippen LogP contribution in [-0.2, 0) is 4.79 Å². The fourth-order valence-electron chi connectivity index (χ4n) is 3.94. The molecule has 2 aromatic carbocycles. The molecule has 2 heterocycles. The fraction of sp³-hybridized carbons (Fsp3) is 0.259. The smallest absolute Gasteiger partial charge is 0.268 e. The van der Waals surface area contributed by atoms with Gasteiger partial charge in [0.25, 0.3) is 11.8 Å². The number of carbonyl (C=O) groups excluding carboxylic acids is 2. The van der Waals surface area contributed by atoms with E-state index < -0.39 is 0 Å². The molecule has 0 saturated carbocycles. The molecule has 1 aliphatic heterocycles. The minimum atomic E-state index is -0.319. The first-order valence-electron chi connectivity index (χ1n) is 11.4. The molecule has 6 heteroatoms. The van der Waals surface area contributed by atoms with Gasteiger partial charge in [0.15, 0.2) is 0 Å². The summed E-state index contributed by atoms with van der Waals surface area (Å²) in [4.78, 5) is 29.1. The number of thiophene rings is 1. The molecule has 1 aliphatic rings. The highest BCUT2D eigenvalue weighted by Gasteiger charge is 2.18. The van der Waals surface area contributed by atoms with Crippen LogP contribution in [0.2, 0.25) is 0 Å². The fourth-order valence-corrected chi connectivity index (χ4v) is 4.60. The molecule has 0 spiro atoms. The summed E-state index contributed by atoms with van der Waals surface area (Å²) in [5.74, 6) is -0.632. The average Bonchev–Trinajstić information content (AvgIpc) is 3.38. The number of piperidine rings is 1. The highest BCUT2D eigenvalue weighted by Crippen LogP contribution is 2.23. The minimum absolute atomic E-state index is 0.201. The van der Waals surface area contributed by atoms with Crippen molar-refractivity contribution in [3.8, 4) is 0 Å². The van der Waals surface area contributed by atoms with E-state index in [1.54, 1.807) is 30.3 Å². The van der Waals surface area contributed by atoms with Crippen molar-refractivity contribution in [1.29, 1.82) is 0 Å². The molecule has 0 radical (unpaired) electrons. The van der Waals surface area contributed by atoms with E-state index >= 15 is 0 Å². The highest BCUT2D eigenvalue weighted by atomic mass is 32.1. The Bertz CT molecular complexity index is 1090. The molecule has 170 valence electrons. The van der Waals surface area contributed by atoms with Crippen LogP contribution in [0.5, 0.6) is 0 Å². The Hall–Kier alpha value is -3.38. The summed E-state index contributed by atoms with van der Waals surface area (Å²) < 4.78 is 0. The third-order valence-electron chi connectivity index (χ3n) is 5.82. The second kappa shape index (κ2) is 11.0. The third kappa shape index (κ3) is 6.11. The van der Waals surface area contributed by atoms with Gasteiger partial charge in [0.1, 0.15) is 5.70 Å². The van der Waals surface area contributed by atoms with Crippen molar-refractivity contribution in [2.75, 3.05) is 18.0 Å². The standard InChI is InChI=1S/C27H29N3O2S/c1-20(21-12-14-23(15-13-21)30-16-6-3-7-17-30)28-27(32)25(19-24-11-8-18-33-24)29-26(31)22-9-4-2-5-10-22/h2,4-5,8-15,18-20H,3,6-7,16-17H2,1H3,(H,28,32)(H,29,31)/b25-19-. The van der Waals surface area contributed by atoms with Gasteiger partial charge < -0.3 is 15.5 Å². The van der Waals surface area contributed by atoms with Crippen LogP contribution >= 0.6 is 11.3 Å². The number of carbonyl (C=O) groups is 2. The molecule has 3 aromatic rings. The summed E-state index contributed by atoms with van der Waals surface area (Å²) in [7, 11) is 0. The molecule has 2 amide bonds. The summed E-state index contributed by atoms with van der Waals surface area (Å²) in [6.07, 6.45) is 5.50. The maximum atomic E-state index is 13.1. The van der Waals surface area contributed by atoms with Crippen molar-refractivity contribution < 1.29 is 9.59 Å². The number of hydrogen-bond donors (Lipinski definition) is 2. The van der Waals surface area contributed by atoms with E-state index in [-0.39, 0.29) is 23.6 Å². The highest BCUT2D eigenvalue weighted by molar-refractivity contribution is 7.10. The second-order valence-electron chi connectivity index (χ2n) is 8.23. The first kappa shape index (κ1) is 22.8. The van der Waals surface area contributed by atoms with E-state index in [0.717, 1.165) is 23.5 Å². The third-order valence-corrected chi connectivity index (χ3v) is 6.64. The van der Waals surface area contributed by atoms with Crippen LogP contribution in [0.15, 0.2) is 77.8 Å². The number of benzene rings is 2. The molecule has 1 aromatic heterocycles. The van der Waals surface area contributed by atoms with E-state index in [0.29, 0.717) is 5.56 Å². The number of nitrogens with one attached hydrogen (secondary N) is 2. The van der Waals surface area contributed by atoms with Crippen molar-refractivity contribution >= 4 is 34.9 Å². The molecular weight excluding hydrogens is 430 g/mol. The zero-order valence-electron chi connectivity index (χ0n) is 18.8. The molecule has 0 bridgehead atoms. The lowest BCUT2D eigenvalue weighted by molar-refractivity contribution is -0.118. The summed E-state index contributed by atoms with van der Waals surface area (Å²) in [5.41, 5.74) is 2.98. The Morgan fingerprint density at radius 1 is 0.939 bits per heavy atom. The summed E-state index contributed by atoms with van der Waals surface area (Å²) in [5, 5.41) is 7.76. The Kier molecular flexibility index (Phi) is 7.58. The lowest BCUT2D eigenvalue weighted by Gasteiger charge is -2.29. The Labute approximate surface area is 199 Å². The average molecular weight is 460 g/mol. The van der Waals surface area contributed by atoms with Gasteiger partial charge in [-0.25, -0.2) is 0 Å². The molecule has 4 rings (SSSR count). The number of rotatable bonds is 7. The van der Waals surface area contributed by atoms with Crippen LogP contribution in [-0.4, -0.2) is 24.9 Å². The van der Waals surface area contributed by atoms with Crippen molar-refractivity contribution in [2.24, 2.45) is 0 Å². The summed E-state index contributed by atoms with van der Waals surface area (Å²) >= 11 is 1.51. The monoisotopic (exact) mass is 459 g/mol. The molecule has 1 saturated heterocycles. The number of nitrogens with zero attached hydrogens (tertiary/aromatic N) is 1. The Balaban J connectivity index is 1.46. The first-order valence-corrected chi connectivity index (χ1v) is 12.3. The van der Waals surface area contributed by atoms with E-state index in [2.05, 4.69) is 39.8 Å². The van der Waals surface area contributed by atoms with E-state index in [1.807, 2.05) is 30.5 Å². The number of amides is 2. The minimum Gasteiger partial charge on any atom is -0.372 e. The van der Waals surface area contributed by atoms with Crippen molar-refractivity contribution in [3.63, 3.8) is 0 Å². The van der Waals surface area contributed by atoms with Gasteiger partial charge in [-0.05, 0) is 73.5 Å². The number of hydrogen-bond acceptors (Lipinski definition) is 4. The molecule has 1 atom stereocenters. The van der Waals surface area contributed by atoms with Gasteiger partial charge in [0, 0.05) is 29.2 Å². The van der Waals surface area contributed by atoms with Crippen LogP contribution in [0, 0.1) is 0 Å². The molecule has 1 unspecified atom stereocenters. The van der Waals surface area contributed by atoms with Gasteiger partial charge in [-0.3, -0.25) is 9.59 Å². The topological polar surface area (TPSA) is 61.4 Å². The second-order valence-corrected chi connectivity index (χ2v) is 9.21. The van der Waals surface area contributed by atoms with Gasteiger partial charge in [0.05, 0.1) is 6.04 Å². The summed E-state index contributed by atoms with van der Waals surface area (Å²) in [6, 6.07) is 20.9. The van der Waals surface area contributed by atoms with Crippen LogP contribution in [0.25, 0.3) is 6.08 Å². The molecule has 5 nitrogen and oxygen atoms in total. The van der Waals surface area contributed by atoms with Gasteiger partial charge in [0.2, 0.25) is 0 Å². The maximum absolute atomic E-state index is 13.1. The van der Waals surface area contributed by atoms with Crippen LogP contribution in [0.4, 0.5) is 5.69 Å². The van der Waals surface area contributed by atoms with Gasteiger partial charge in [-0.15, -0.1) is 11.3 Å². The number of anilines is 1. The quantitative estimate of drug-likeness (QED) is 0.466. The first-order chi connectivity index (χ1) is 16.1. The van der Waals surface area contributed by atoms with E-state index in [4.69, 9.17) is 0 Å². The SMILES string of the molecule is CC(NC(=O)/C(=C/c1cccs1)NC(=O)c1ccccc1)c1ccc(N2CCCCC2)cc1. The van der Waals surface area contributed by atoms with Gasteiger partial charge >= 0.3 is 0 Å². The lowest BCUT2D eigenvalue weighted by atomic mass is 10.1. The van der Waals surface area contributed by atoms with Crippen molar-refractivity contribution in [2.45, 2.75) is 32.2 Å². The van der Waals surface area contributed by atoms with Gasteiger partial charge in [-0.2, -0.15) is 0 Å². The predicted octanol–water partition coefficient (Wildman–Crippen LogP) is 5.39. The lowest BCUT2D eigenvalue weighted by Crippen LogP contribution is -2.36. The summed E-state index contributed by atoms with van der Waals surface area (Å²) in [6.45, 7) is 4.16. The van der Waals surface area contributed by atoms with E-state index in [1.165, 1.54) is 36.3 Å². The molecule has 33 heavy (non-hydrogen) atoms. The molecular formula is C27H29N3O2S. The molecule has 1 fully saturated rings. The van der Waals surface area contributed by atoms with Crippen LogP contribution < -0.4 is 15.5 Å². The van der Waals surface area contributed by atoms with Crippen molar-refractivity contribution in [3.05, 3.63) is 93.8 Å². The zero-order valence-corrected chi connectivity index (χ0v) is 19.6. The van der Waals surface area contributed by atoms with E-state index in [9.17, 15) is 9.59 Å². The largest absolute Gasteiger partial charge is 0.372 e. The maximum Gasteiger partial charge on any atom is 0.268 e. The Morgan fingerprint density at radius 2 is 1.67 bits per heavy atom. The van der Waals surface area contributed by atoms with Crippen LogP contribution in [0.3, 0.4) is 0 Å². The molecule has 0 aliphatic carbocycles. The zero-order chi connectivity index (χ0) is 23.0. The Morgan fingerprint density at radius 3 is 2.33 bits per heavy atom. The van der Waals surface area contributed by atoms with Gasteiger partial charge in [-0.1, -0.05) is 36.4 Å². The van der Waals surface area contributed by atoms with Crippen LogP contribution in [0.1, 0.15) is 53.0 Å². The van der Waals surface area contributed by atoms with Crippen molar-refractivity contribution in [1.82, 2.24) is 10.6 Å².